The molecule has 4 atom stereocenters. The van der Waals surface area contributed by atoms with Crippen LogP contribution in [0.5, 0.6) is 0 Å². The first-order valence-electron chi connectivity index (χ1n) is 16.2. The Morgan fingerprint density at radius 3 is 2.19 bits per heavy atom. The number of nitrogens with zero attached hydrogens (tertiary/aromatic N) is 1. The van der Waals surface area contributed by atoms with Crippen LogP contribution in [-0.2, 0) is 22.6 Å². The molecule has 1 fully saturated rings. The van der Waals surface area contributed by atoms with Crippen molar-refractivity contribution in [1.82, 2.24) is 10.2 Å². The van der Waals surface area contributed by atoms with Gasteiger partial charge in [-0.2, -0.15) is 0 Å². The van der Waals surface area contributed by atoms with E-state index >= 15 is 0 Å². The minimum Gasteiger partial charge on any atom is -0.392 e. The summed E-state index contributed by atoms with van der Waals surface area (Å²) in [5, 5.41) is 12.6. The van der Waals surface area contributed by atoms with Gasteiger partial charge in [0.2, 0.25) is 0 Å². The van der Waals surface area contributed by atoms with E-state index in [0.29, 0.717) is 12.1 Å². The molecule has 1 amide bonds. The number of rotatable bonds is 11. The van der Waals surface area contributed by atoms with Gasteiger partial charge in [0.15, 0.2) is 6.29 Å². The molecule has 47 heavy (non-hydrogen) atoms. The molecule has 1 aliphatic rings. The van der Waals surface area contributed by atoms with Crippen LogP contribution in [0.25, 0.3) is 11.1 Å². The van der Waals surface area contributed by atoms with Crippen LogP contribution in [-0.4, -0.2) is 35.6 Å². The van der Waals surface area contributed by atoms with Gasteiger partial charge in [0.1, 0.15) is 0 Å². The van der Waals surface area contributed by atoms with E-state index < -0.39 is 6.29 Å². The Balaban J connectivity index is 1.21. The second-order valence-electron chi connectivity index (χ2n) is 12.3. The predicted molar refractivity (Wildman–Crippen MR) is 185 cm³/mol. The standard InChI is InChI=1S/C41H42N2O4/c1-29(32-12-5-3-6-13-32)43(2)27-38-25-39(33-21-19-30(28-44)20-22-33)47-41(46-38)37-18-10-17-36(24-37)35-16-9-11-31(23-35)26-42-40(45)34-14-7-4-8-15-34/h3-24,29,38-39,41,44H,25-28H2,1-2H3,(H,42,45). The van der Waals surface area contributed by atoms with E-state index in [0.717, 1.165) is 46.3 Å². The average Bonchev–Trinajstić information content (AvgIpc) is 3.14. The van der Waals surface area contributed by atoms with Gasteiger partial charge in [-0.1, -0.05) is 109 Å². The van der Waals surface area contributed by atoms with Crippen LogP contribution in [0.1, 0.15) is 70.0 Å². The molecule has 6 heteroatoms. The molecule has 1 heterocycles. The van der Waals surface area contributed by atoms with Crippen molar-refractivity contribution >= 4 is 5.91 Å². The van der Waals surface area contributed by atoms with Gasteiger partial charge in [-0.05, 0) is 71.6 Å². The van der Waals surface area contributed by atoms with Crippen molar-refractivity contribution in [3.8, 4) is 11.1 Å². The molecule has 0 spiro atoms. The summed E-state index contributed by atoms with van der Waals surface area (Å²) in [5.41, 5.74) is 7.93. The highest BCUT2D eigenvalue weighted by Crippen LogP contribution is 2.39. The van der Waals surface area contributed by atoms with Crippen molar-refractivity contribution in [2.24, 2.45) is 0 Å². The normalized spacial score (nSPS) is 18.5. The zero-order valence-corrected chi connectivity index (χ0v) is 27.0. The van der Waals surface area contributed by atoms with E-state index in [-0.39, 0.29) is 30.8 Å². The zero-order valence-electron chi connectivity index (χ0n) is 27.0. The lowest BCUT2D eigenvalue weighted by atomic mass is 9.98. The number of carbonyl (C=O) groups excluding carboxylic acids is 1. The average molecular weight is 627 g/mol. The first-order chi connectivity index (χ1) is 23.0. The highest BCUT2D eigenvalue weighted by molar-refractivity contribution is 5.94. The molecule has 1 aliphatic heterocycles. The van der Waals surface area contributed by atoms with E-state index in [9.17, 15) is 9.90 Å². The quantitative estimate of drug-likeness (QED) is 0.155. The maximum absolute atomic E-state index is 12.6. The largest absolute Gasteiger partial charge is 0.392 e. The summed E-state index contributed by atoms with van der Waals surface area (Å²) in [5.74, 6) is -0.0940. The minimum atomic E-state index is -0.551. The Hall–Kier alpha value is -4.59. The Morgan fingerprint density at radius 1 is 0.787 bits per heavy atom. The Kier molecular flexibility index (Phi) is 10.6. The monoisotopic (exact) mass is 626 g/mol. The van der Waals surface area contributed by atoms with Gasteiger partial charge >= 0.3 is 0 Å². The van der Waals surface area contributed by atoms with E-state index in [4.69, 9.17) is 9.47 Å². The lowest BCUT2D eigenvalue weighted by molar-refractivity contribution is -0.253. The number of ether oxygens (including phenoxy) is 2. The maximum Gasteiger partial charge on any atom is 0.251 e. The first-order valence-corrected chi connectivity index (χ1v) is 16.2. The van der Waals surface area contributed by atoms with Crippen molar-refractivity contribution in [3.05, 3.63) is 167 Å². The maximum atomic E-state index is 12.6. The highest BCUT2D eigenvalue weighted by Gasteiger charge is 2.33. The number of carbonyl (C=O) groups is 1. The van der Waals surface area contributed by atoms with Gasteiger partial charge in [0.05, 0.1) is 18.8 Å². The van der Waals surface area contributed by atoms with Crippen LogP contribution < -0.4 is 5.32 Å². The lowest BCUT2D eigenvalue weighted by Crippen LogP contribution is -2.38. The summed E-state index contributed by atoms with van der Waals surface area (Å²) in [6.45, 7) is 3.42. The smallest absolute Gasteiger partial charge is 0.251 e. The van der Waals surface area contributed by atoms with Gasteiger partial charge in [0, 0.05) is 36.7 Å². The van der Waals surface area contributed by atoms with Crippen molar-refractivity contribution in [2.75, 3.05) is 13.6 Å². The molecule has 240 valence electrons. The number of hydrogen-bond donors (Lipinski definition) is 2. The molecule has 6 rings (SSSR count). The number of hydrogen-bond acceptors (Lipinski definition) is 5. The van der Waals surface area contributed by atoms with Crippen LogP contribution in [0.4, 0.5) is 0 Å². The fraction of sp³-hybridized carbons (Fsp3) is 0.244. The van der Waals surface area contributed by atoms with Gasteiger partial charge < -0.3 is 19.9 Å². The molecule has 2 N–H and O–H groups in total. The van der Waals surface area contributed by atoms with Crippen LogP contribution >= 0.6 is 0 Å². The van der Waals surface area contributed by atoms with E-state index in [1.807, 2.05) is 78.9 Å². The van der Waals surface area contributed by atoms with E-state index in [1.165, 1.54) is 5.56 Å². The van der Waals surface area contributed by atoms with Gasteiger partial charge in [0.25, 0.3) is 5.91 Å². The summed E-state index contributed by atoms with van der Waals surface area (Å²) in [6, 6.07) is 44.6. The van der Waals surface area contributed by atoms with Gasteiger partial charge in [-0.15, -0.1) is 0 Å². The summed E-state index contributed by atoms with van der Waals surface area (Å²) >= 11 is 0. The molecule has 0 bridgehead atoms. The van der Waals surface area contributed by atoms with Gasteiger partial charge in [-0.25, -0.2) is 0 Å². The summed E-state index contributed by atoms with van der Waals surface area (Å²) < 4.78 is 13.4. The second kappa shape index (κ2) is 15.3. The van der Waals surface area contributed by atoms with E-state index in [2.05, 4.69) is 78.8 Å². The highest BCUT2D eigenvalue weighted by atomic mass is 16.7. The molecule has 0 radical (unpaired) electrons. The molecule has 0 aliphatic carbocycles. The molecule has 1 saturated heterocycles. The second-order valence-corrected chi connectivity index (χ2v) is 12.3. The molecule has 4 unspecified atom stereocenters. The number of amides is 1. The summed E-state index contributed by atoms with van der Waals surface area (Å²) in [7, 11) is 2.15. The number of nitrogens with one attached hydrogen (secondary N) is 1. The van der Waals surface area contributed by atoms with Crippen LogP contribution in [0.2, 0.25) is 0 Å². The third kappa shape index (κ3) is 8.23. The number of aliphatic hydroxyl groups excluding tert-OH is 1. The fourth-order valence-corrected chi connectivity index (χ4v) is 6.10. The molecule has 0 saturated carbocycles. The Labute approximate surface area is 277 Å². The van der Waals surface area contributed by atoms with Crippen molar-refractivity contribution in [2.45, 2.75) is 51.0 Å². The van der Waals surface area contributed by atoms with Crippen molar-refractivity contribution < 1.29 is 19.4 Å². The van der Waals surface area contributed by atoms with Crippen LogP contribution in [0.15, 0.2) is 133 Å². The zero-order chi connectivity index (χ0) is 32.6. The summed E-state index contributed by atoms with van der Waals surface area (Å²) in [4.78, 5) is 14.9. The Morgan fingerprint density at radius 2 is 1.47 bits per heavy atom. The molecule has 5 aromatic rings. The molecule has 5 aromatic carbocycles. The van der Waals surface area contributed by atoms with Crippen molar-refractivity contribution in [3.63, 3.8) is 0 Å². The number of aliphatic hydroxyl groups is 1. The van der Waals surface area contributed by atoms with Crippen LogP contribution in [0.3, 0.4) is 0 Å². The molecule has 0 aromatic heterocycles. The number of likely N-dealkylation sites (N-methyl/N-ethyl adjacent to an activating group) is 1. The molecular formula is C41H42N2O4. The van der Waals surface area contributed by atoms with E-state index in [1.54, 1.807) is 0 Å². The minimum absolute atomic E-state index is 0.00965. The lowest BCUT2D eigenvalue weighted by Gasteiger charge is -2.39. The summed E-state index contributed by atoms with van der Waals surface area (Å²) in [6.07, 6.45) is -0.0539. The SMILES string of the molecule is CC(c1ccccc1)N(C)CC1CC(c2ccc(CO)cc2)OC(c2cccc(-c3cccc(CNC(=O)c4ccccc4)c3)c2)O1. The van der Waals surface area contributed by atoms with Crippen LogP contribution in [0, 0.1) is 0 Å². The third-order valence-electron chi connectivity index (χ3n) is 8.96. The predicted octanol–water partition coefficient (Wildman–Crippen LogP) is 8.01. The molecule has 6 nitrogen and oxygen atoms in total. The molecular weight excluding hydrogens is 584 g/mol. The fourth-order valence-electron chi connectivity index (χ4n) is 6.10. The third-order valence-corrected chi connectivity index (χ3v) is 8.96. The topological polar surface area (TPSA) is 71.0 Å². The first kappa shape index (κ1) is 32.4. The Bertz CT molecular complexity index is 1740. The van der Waals surface area contributed by atoms with Gasteiger partial charge in [-0.3, -0.25) is 9.69 Å². The number of benzene rings is 5. The van der Waals surface area contributed by atoms with Crippen molar-refractivity contribution in [1.29, 1.82) is 0 Å².